The number of amides is 1. The van der Waals surface area contributed by atoms with E-state index >= 15 is 0 Å². The van der Waals surface area contributed by atoms with E-state index in [1.807, 2.05) is 19.1 Å². The molecule has 0 aliphatic carbocycles. The number of alkyl halides is 1. The van der Waals surface area contributed by atoms with Crippen LogP contribution >= 0.6 is 11.6 Å². The topological polar surface area (TPSA) is 46.9 Å². The number of carbonyl (C=O) groups is 1. The van der Waals surface area contributed by atoms with Crippen molar-refractivity contribution < 1.29 is 4.79 Å². The summed E-state index contributed by atoms with van der Waals surface area (Å²) < 4.78 is 2.11. The number of benzene rings is 1. The molecule has 1 amide bonds. The Morgan fingerprint density at radius 1 is 1.45 bits per heavy atom. The van der Waals surface area contributed by atoms with Crippen molar-refractivity contribution in [3.63, 3.8) is 0 Å². The fourth-order valence-corrected chi connectivity index (χ4v) is 2.48. The van der Waals surface area contributed by atoms with Crippen molar-refractivity contribution in [2.24, 2.45) is 0 Å². The largest absolute Gasteiger partial charge is 0.356 e. The summed E-state index contributed by atoms with van der Waals surface area (Å²) in [4.78, 5) is 16.3. The van der Waals surface area contributed by atoms with Gasteiger partial charge in [0.05, 0.1) is 11.0 Å². The molecule has 1 aromatic carbocycles. The lowest BCUT2D eigenvalue weighted by atomic mass is 10.2. The molecule has 0 radical (unpaired) electrons. The maximum Gasteiger partial charge on any atom is 0.221 e. The Morgan fingerprint density at radius 2 is 2.25 bits per heavy atom. The van der Waals surface area contributed by atoms with Crippen molar-refractivity contribution in [1.82, 2.24) is 14.9 Å². The van der Waals surface area contributed by atoms with Crippen LogP contribution in [0.3, 0.4) is 0 Å². The number of carbonyl (C=O) groups excluding carboxylic acids is 1. The third-order valence-corrected chi connectivity index (χ3v) is 3.43. The van der Waals surface area contributed by atoms with Gasteiger partial charge in [-0.2, -0.15) is 0 Å². The minimum absolute atomic E-state index is 0.0684. The normalized spacial score (nSPS) is 10.9. The first-order chi connectivity index (χ1) is 9.65. The Morgan fingerprint density at radius 3 is 2.95 bits per heavy atom. The molecule has 20 heavy (non-hydrogen) atoms. The van der Waals surface area contributed by atoms with Crippen molar-refractivity contribution >= 4 is 28.5 Å². The molecule has 0 aliphatic rings. The van der Waals surface area contributed by atoms with Crippen LogP contribution in [-0.4, -0.2) is 27.9 Å². The van der Waals surface area contributed by atoms with Crippen LogP contribution in [0, 0.1) is 6.92 Å². The predicted octanol–water partition coefficient (Wildman–Crippen LogP) is 2.65. The van der Waals surface area contributed by atoms with Gasteiger partial charge >= 0.3 is 0 Å². The molecule has 1 N–H and O–H groups in total. The van der Waals surface area contributed by atoms with Gasteiger partial charge in [-0.15, -0.1) is 11.6 Å². The van der Waals surface area contributed by atoms with Gasteiger partial charge in [-0.05, 0) is 31.5 Å². The Bertz CT molecular complexity index is 606. The average molecular weight is 294 g/mol. The second kappa shape index (κ2) is 6.75. The molecule has 108 valence electrons. The summed E-state index contributed by atoms with van der Waals surface area (Å²) in [7, 11) is 0. The average Bonchev–Trinajstić information content (AvgIpc) is 2.74. The molecule has 1 aromatic heterocycles. The molecule has 0 fully saturated rings. The molecule has 0 unspecified atom stereocenters. The van der Waals surface area contributed by atoms with E-state index in [1.165, 1.54) is 5.56 Å². The number of hydrogen-bond donors (Lipinski definition) is 1. The van der Waals surface area contributed by atoms with Gasteiger partial charge in [0.2, 0.25) is 5.91 Å². The van der Waals surface area contributed by atoms with Gasteiger partial charge in [0.15, 0.2) is 0 Å². The second-order valence-electron chi connectivity index (χ2n) is 4.81. The van der Waals surface area contributed by atoms with E-state index in [0.29, 0.717) is 31.8 Å². The molecule has 5 heteroatoms. The third kappa shape index (κ3) is 3.31. The monoisotopic (exact) mass is 293 g/mol. The lowest BCUT2D eigenvalue weighted by Gasteiger charge is -2.08. The minimum atomic E-state index is 0.0684. The quantitative estimate of drug-likeness (QED) is 0.832. The van der Waals surface area contributed by atoms with Gasteiger partial charge in [0, 0.05) is 31.8 Å². The summed E-state index contributed by atoms with van der Waals surface area (Å²) in [5.74, 6) is 1.55. The zero-order valence-electron chi connectivity index (χ0n) is 11.9. The van der Waals surface area contributed by atoms with Crippen molar-refractivity contribution in [1.29, 1.82) is 0 Å². The zero-order chi connectivity index (χ0) is 14.5. The summed E-state index contributed by atoms with van der Waals surface area (Å²) >= 11 is 5.85. The highest BCUT2D eigenvalue weighted by molar-refractivity contribution is 6.17. The number of nitrogens with zero attached hydrogens (tertiary/aromatic N) is 2. The smallest absolute Gasteiger partial charge is 0.221 e. The van der Waals surface area contributed by atoms with Gasteiger partial charge in [-0.25, -0.2) is 4.98 Å². The fourth-order valence-electron chi connectivity index (χ4n) is 2.31. The Labute approximate surface area is 124 Å². The fraction of sp³-hybridized carbons (Fsp3) is 0.467. The van der Waals surface area contributed by atoms with Gasteiger partial charge in [-0.1, -0.05) is 6.07 Å². The molecular formula is C15H20ClN3O. The van der Waals surface area contributed by atoms with Gasteiger partial charge in [0.25, 0.3) is 0 Å². The summed E-state index contributed by atoms with van der Waals surface area (Å²) in [6.07, 6.45) is 1.17. The number of nitrogens with one attached hydrogen (secondary N) is 1. The van der Waals surface area contributed by atoms with E-state index in [1.54, 1.807) is 0 Å². The molecule has 0 spiro atoms. The summed E-state index contributed by atoms with van der Waals surface area (Å²) in [6.45, 7) is 5.28. The molecule has 0 atom stereocenters. The van der Waals surface area contributed by atoms with E-state index in [-0.39, 0.29) is 5.91 Å². The van der Waals surface area contributed by atoms with Crippen LogP contribution in [-0.2, 0) is 17.8 Å². The van der Waals surface area contributed by atoms with Gasteiger partial charge < -0.3 is 9.88 Å². The van der Waals surface area contributed by atoms with E-state index < -0.39 is 0 Å². The number of aryl methyl sites for hydroxylation is 3. The van der Waals surface area contributed by atoms with Crippen molar-refractivity contribution in [3.8, 4) is 0 Å². The van der Waals surface area contributed by atoms with E-state index in [2.05, 4.69) is 27.9 Å². The van der Waals surface area contributed by atoms with Gasteiger partial charge in [0.1, 0.15) is 5.82 Å². The van der Waals surface area contributed by atoms with Crippen molar-refractivity contribution in [2.45, 2.75) is 33.2 Å². The lowest BCUT2D eigenvalue weighted by Crippen LogP contribution is -2.24. The highest BCUT2D eigenvalue weighted by atomic mass is 35.5. The van der Waals surface area contributed by atoms with Crippen molar-refractivity contribution in [2.75, 3.05) is 12.4 Å². The minimum Gasteiger partial charge on any atom is -0.356 e. The molecule has 0 saturated carbocycles. The second-order valence-corrected chi connectivity index (χ2v) is 5.19. The molecular weight excluding hydrogens is 274 g/mol. The first-order valence-corrected chi connectivity index (χ1v) is 7.47. The van der Waals surface area contributed by atoms with Crippen LogP contribution in [0.15, 0.2) is 18.2 Å². The molecule has 0 saturated heterocycles. The lowest BCUT2D eigenvalue weighted by molar-refractivity contribution is -0.121. The molecule has 2 rings (SSSR count). The summed E-state index contributed by atoms with van der Waals surface area (Å²) in [5.41, 5.74) is 3.23. The molecule has 4 nitrogen and oxygen atoms in total. The van der Waals surface area contributed by atoms with E-state index in [4.69, 9.17) is 11.6 Å². The number of fused-ring (bicyclic) bond motifs is 1. The maximum atomic E-state index is 11.6. The first-order valence-electron chi connectivity index (χ1n) is 6.94. The predicted molar refractivity (Wildman–Crippen MR) is 82.2 cm³/mol. The Hall–Kier alpha value is -1.55. The molecule has 1 heterocycles. The molecule has 0 bridgehead atoms. The number of rotatable bonds is 6. The number of imidazole rings is 1. The van der Waals surface area contributed by atoms with Crippen LogP contribution in [0.2, 0.25) is 0 Å². The molecule has 0 aliphatic heterocycles. The first kappa shape index (κ1) is 14.9. The zero-order valence-corrected chi connectivity index (χ0v) is 12.7. The van der Waals surface area contributed by atoms with Gasteiger partial charge in [-0.3, -0.25) is 4.79 Å². The SMILES string of the molecule is CCNC(=O)CCn1c(CCCl)nc2ccc(C)cc21. The van der Waals surface area contributed by atoms with E-state index in [0.717, 1.165) is 16.9 Å². The number of halogens is 1. The highest BCUT2D eigenvalue weighted by Gasteiger charge is 2.11. The third-order valence-electron chi connectivity index (χ3n) is 3.24. The van der Waals surface area contributed by atoms with Crippen LogP contribution in [0.25, 0.3) is 11.0 Å². The molecule has 2 aromatic rings. The summed E-state index contributed by atoms with van der Waals surface area (Å²) in [5, 5.41) is 2.82. The highest BCUT2D eigenvalue weighted by Crippen LogP contribution is 2.19. The summed E-state index contributed by atoms with van der Waals surface area (Å²) in [6, 6.07) is 6.18. The number of hydrogen-bond acceptors (Lipinski definition) is 2. The Kier molecular flexibility index (Phi) is 5.01. The van der Waals surface area contributed by atoms with Crippen LogP contribution in [0.1, 0.15) is 24.7 Å². The van der Waals surface area contributed by atoms with Crippen LogP contribution < -0.4 is 5.32 Å². The van der Waals surface area contributed by atoms with Crippen molar-refractivity contribution in [3.05, 3.63) is 29.6 Å². The van der Waals surface area contributed by atoms with Crippen LogP contribution in [0.4, 0.5) is 0 Å². The standard InChI is InChI=1S/C15H20ClN3O/c1-3-17-15(20)7-9-19-13-10-11(2)4-5-12(13)18-14(19)6-8-16/h4-5,10H,3,6-9H2,1-2H3,(H,17,20). The Balaban J connectivity index is 2.30. The van der Waals surface area contributed by atoms with Crippen LogP contribution in [0.5, 0.6) is 0 Å². The maximum absolute atomic E-state index is 11.6. The number of aromatic nitrogens is 2. The van der Waals surface area contributed by atoms with E-state index in [9.17, 15) is 4.79 Å².